The fourth-order valence-electron chi connectivity index (χ4n) is 1.31. The maximum atomic E-state index is 12.1. The summed E-state index contributed by atoms with van der Waals surface area (Å²) < 4.78 is 22.3. The lowest BCUT2D eigenvalue weighted by Gasteiger charge is -2.12. The maximum Gasteiger partial charge on any atom is 0.354 e. The van der Waals surface area contributed by atoms with Crippen molar-refractivity contribution >= 4 is 25.3 Å². The topological polar surface area (TPSA) is 55.8 Å². The molecule has 6 heteroatoms. The van der Waals surface area contributed by atoms with Gasteiger partial charge in [-0.2, -0.15) is 0 Å². The fourth-order valence-corrected chi connectivity index (χ4v) is 2.80. The number of aromatic hydroxyl groups is 1. The summed E-state index contributed by atoms with van der Waals surface area (Å²) in [6, 6.07) is 4.60. The third kappa shape index (κ3) is 4.46. The zero-order chi connectivity index (χ0) is 13.6. The van der Waals surface area contributed by atoms with E-state index in [9.17, 15) is 9.67 Å². The van der Waals surface area contributed by atoms with Crippen LogP contribution >= 0.6 is 19.2 Å². The average Bonchev–Trinajstić information content (AvgIpc) is 2.31. The first kappa shape index (κ1) is 15.3. The van der Waals surface area contributed by atoms with E-state index < -0.39 is 7.60 Å². The van der Waals surface area contributed by atoms with Crippen LogP contribution in [0.2, 0.25) is 5.02 Å². The van der Waals surface area contributed by atoms with Gasteiger partial charge in [0, 0.05) is 16.4 Å². The Morgan fingerprint density at radius 2 is 1.94 bits per heavy atom. The lowest BCUT2D eigenvalue weighted by Crippen LogP contribution is -1.92. The normalized spacial score (nSPS) is 12.2. The van der Waals surface area contributed by atoms with Crippen molar-refractivity contribution < 1.29 is 18.7 Å². The van der Waals surface area contributed by atoms with Crippen LogP contribution in [-0.4, -0.2) is 18.3 Å². The van der Waals surface area contributed by atoms with Crippen molar-refractivity contribution in [2.45, 2.75) is 13.8 Å². The second kappa shape index (κ2) is 6.95. The molecule has 100 valence electrons. The van der Waals surface area contributed by atoms with E-state index in [0.29, 0.717) is 10.6 Å². The molecule has 0 bridgehead atoms. The molecular formula is C12H16ClO4P. The second-order valence-corrected chi connectivity index (χ2v) is 5.72. The fraction of sp³-hybridized carbons (Fsp3) is 0.333. The Bertz CT molecular complexity index is 463. The molecule has 0 saturated heterocycles. The van der Waals surface area contributed by atoms with Gasteiger partial charge in [0.05, 0.1) is 13.2 Å². The van der Waals surface area contributed by atoms with Crippen molar-refractivity contribution in [3.63, 3.8) is 0 Å². The van der Waals surface area contributed by atoms with Crippen LogP contribution in [0.5, 0.6) is 5.75 Å². The monoisotopic (exact) mass is 290 g/mol. The predicted molar refractivity (Wildman–Crippen MR) is 73.0 cm³/mol. The molecule has 0 radical (unpaired) electrons. The molecule has 0 fully saturated rings. The number of phenolic OH excluding ortho intramolecular Hbond substituents is 1. The predicted octanol–water partition coefficient (Wildman–Crippen LogP) is 4.28. The Balaban J connectivity index is 2.95. The minimum atomic E-state index is -3.25. The van der Waals surface area contributed by atoms with Crippen LogP contribution in [0.4, 0.5) is 0 Å². The van der Waals surface area contributed by atoms with Gasteiger partial charge in [-0.15, -0.1) is 0 Å². The zero-order valence-electron chi connectivity index (χ0n) is 10.3. The summed E-state index contributed by atoms with van der Waals surface area (Å²) >= 11 is 5.81. The van der Waals surface area contributed by atoms with Crippen LogP contribution in [-0.2, 0) is 13.6 Å². The molecule has 1 N–H and O–H groups in total. The molecule has 1 aromatic rings. The summed E-state index contributed by atoms with van der Waals surface area (Å²) in [6.45, 7) is 4.03. The van der Waals surface area contributed by atoms with Gasteiger partial charge in [0.15, 0.2) is 0 Å². The van der Waals surface area contributed by atoms with Crippen molar-refractivity contribution in [1.29, 1.82) is 0 Å². The van der Waals surface area contributed by atoms with Gasteiger partial charge in [0.2, 0.25) is 0 Å². The molecular weight excluding hydrogens is 275 g/mol. The number of halogens is 1. The second-order valence-electron chi connectivity index (χ2n) is 3.39. The van der Waals surface area contributed by atoms with Crippen LogP contribution < -0.4 is 0 Å². The van der Waals surface area contributed by atoms with Gasteiger partial charge in [0.25, 0.3) is 0 Å². The van der Waals surface area contributed by atoms with Crippen LogP contribution in [0, 0.1) is 0 Å². The van der Waals surface area contributed by atoms with Crippen molar-refractivity contribution in [3.8, 4) is 5.75 Å². The summed E-state index contributed by atoms with van der Waals surface area (Å²) in [5, 5.41) is 10.1. The molecule has 18 heavy (non-hydrogen) atoms. The molecule has 0 aliphatic carbocycles. The van der Waals surface area contributed by atoms with Gasteiger partial charge in [-0.1, -0.05) is 11.6 Å². The minimum Gasteiger partial charge on any atom is -0.507 e. The van der Waals surface area contributed by atoms with Gasteiger partial charge >= 0.3 is 7.60 Å². The first-order chi connectivity index (χ1) is 8.50. The van der Waals surface area contributed by atoms with E-state index in [0.717, 1.165) is 0 Å². The van der Waals surface area contributed by atoms with Crippen molar-refractivity contribution in [2.24, 2.45) is 0 Å². The number of phenols is 1. The van der Waals surface area contributed by atoms with E-state index in [1.807, 2.05) is 0 Å². The average molecular weight is 291 g/mol. The largest absolute Gasteiger partial charge is 0.507 e. The Morgan fingerprint density at radius 3 is 2.50 bits per heavy atom. The van der Waals surface area contributed by atoms with E-state index in [1.165, 1.54) is 18.0 Å². The summed E-state index contributed by atoms with van der Waals surface area (Å²) in [7, 11) is -3.25. The molecule has 0 aromatic heterocycles. The van der Waals surface area contributed by atoms with Gasteiger partial charge < -0.3 is 14.2 Å². The van der Waals surface area contributed by atoms with Crippen molar-refractivity contribution in [1.82, 2.24) is 0 Å². The lowest BCUT2D eigenvalue weighted by molar-refractivity contribution is 0.229. The van der Waals surface area contributed by atoms with Crippen molar-refractivity contribution in [3.05, 3.63) is 34.6 Å². The maximum absolute atomic E-state index is 12.1. The molecule has 0 heterocycles. The van der Waals surface area contributed by atoms with E-state index in [4.69, 9.17) is 20.6 Å². The Morgan fingerprint density at radius 1 is 1.33 bits per heavy atom. The van der Waals surface area contributed by atoms with E-state index in [1.54, 1.807) is 26.0 Å². The van der Waals surface area contributed by atoms with Gasteiger partial charge in [0.1, 0.15) is 5.75 Å². The smallest absolute Gasteiger partial charge is 0.354 e. The Kier molecular flexibility index (Phi) is 5.89. The molecule has 0 amide bonds. The molecule has 0 spiro atoms. The van der Waals surface area contributed by atoms with Crippen molar-refractivity contribution in [2.75, 3.05) is 13.2 Å². The minimum absolute atomic E-state index is 0.0511. The highest BCUT2D eigenvalue weighted by molar-refractivity contribution is 7.57. The third-order valence-corrected chi connectivity index (χ3v) is 4.03. The molecule has 4 nitrogen and oxygen atoms in total. The number of rotatable bonds is 6. The summed E-state index contributed by atoms with van der Waals surface area (Å²) in [4.78, 5) is 0. The zero-order valence-corrected chi connectivity index (χ0v) is 11.9. The SMILES string of the molecule is CCOP(=O)(/C=C/c1cc(Cl)ccc1O)OCC. The lowest BCUT2D eigenvalue weighted by atomic mass is 10.2. The van der Waals surface area contributed by atoms with E-state index in [2.05, 4.69) is 0 Å². The van der Waals surface area contributed by atoms with Gasteiger partial charge in [-0.25, -0.2) is 0 Å². The molecule has 0 atom stereocenters. The molecule has 1 rings (SSSR count). The molecule has 0 aliphatic heterocycles. The number of benzene rings is 1. The number of hydrogen-bond donors (Lipinski definition) is 1. The van der Waals surface area contributed by atoms with Crippen LogP contribution in [0.1, 0.15) is 19.4 Å². The summed E-state index contributed by atoms with van der Waals surface area (Å²) in [6.07, 6.45) is 1.48. The Labute approximate surface area is 112 Å². The third-order valence-electron chi connectivity index (χ3n) is 2.04. The highest BCUT2D eigenvalue weighted by Gasteiger charge is 2.18. The molecule has 0 saturated carbocycles. The van der Waals surface area contributed by atoms with E-state index in [-0.39, 0.29) is 19.0 Å². The van der Waals surface area contributed by atoms with E-state index >= 15 is 0 Å². The Hall–Kier alpha value is -0.800. The van der Waals surface area contributed by atoms with Crippen LogP contribution in [0.15, 0.2) is 24.0 Å². The standard InChI is InChI=1S/C12H16ClO4P/c1-3-16-18(15,17-4-2)8-7-10-9-11(13)5-6-12(10)14/h5-9,14H,3-4H2,1-2H3/b8-7+. The molecule has 0 aliphatic rings. The highest BCUT2D eigenvalue weighted by atomic mass is 35.5. The highest BCUT2D eigenvalue weighted by Crippen LogP contribution is 2.50. The molecule has 0 unspecified atom stereocenters. The van der Waals surface area contributed by atoms with Crippen LogP contribution in [0.3, 0.4) is 0 Å². The first-order valence-corrected chi connectivity index (χ1v) is 7.56. The molecule has 1 aromatic carbocycles. The summed E-state index contributed by atoms with van der Waals surface area (Å²) in [5.74, 6) is 1.38. The first-order valence-electron chi connectivity index (χ1n) is 5.57. The summed E-state index contributed by atoms with van der Waals surface area (Å²) in [5.41, 5.74) is 0.460. The van der Waals surface area contributed by atoms with Crippen LogP contribution in [0.25, 0.3) is 6.08 Å². The quantitative estimate of drug-likeness (QED) is 0.794. The van der Waals surface area contributed by atoms with Gasteiger partial charge in [-0.05, 0) is 38.1 Å². The number of hydrogen-bond acceptors (Lipinski definition) is 4. The van der Waals surface area contributed by atoms with Gasteiger partial charge in [-0.3, -0.25) is 4.57 Å².